The second-order valence-corrected chi connectivity index (χ2v) is 13.6. The molecule has 1 aliphatic carbocycles. The summed E-state index contributed by atoms with van der Waals surface area (Å²) in [5.41, 5.74) is 12.1. The van der Waals surface area contributed by atoms with Gasteiger partial charge in [0.25, 0.3) is 0 Å². The van der Waals surface area contributed by atoms with E-state index in [2.05, 4.69) is 156 Å². The number of nitrogens with zero attached hydrogens (tertiary/aromatic N) is 1. The molecule has 1 aliphatic heterocycles. The van der Waals surface area contributed by atoms with Crippen LogP contribution in [-0.2, 0) is 5.41 Å². The smallest absolute Gasteiger partial charge is 0.135 e. The Balaban J connectivity index is 1.27. The molecule has 0 saturated heterocycles. The summed E-state index contributed by atoms with van der Waals surface area (Å²) in [6.07, 6.45) is 0. The number of rotatable bonds is 1. The zero-order valence-corrected chi connectivity index (χ0v) is 26.9. The lowest BCUT2D eigenvalue weighted by molar-refractivity contribution is 0.437. The van der Waals surface area contributed by atoms with Gasteiger partial charge >= 0.3 is 0 Å². The van der Waals surface area contributed by atoms with Gasteiger partial charge in [0.1, 0.15) is 22.7 Å². The van der Waals surface area contributed by atoms with Gasteiger partial charge in [-0.3, -0.25) is 0 Å². The van der Waals surface area contributed by atoms with Crippen molar-refractivity contribution in [2.45, 2.75) is 5.41 Å². The Kier molecular flexibility index (Phi) is 4.91. The molecule has 3 heteroatoms. The maximum atomic E-state index is 6.93. The number of benzene rings is 8. The molecule has 0 radical (unpaired) electrons. The quantitative estimate of drug-likeness (QED) is 0.179. The van der Waals surface area contributed by atoms with Crippen LogP contribution in [0.3, 0.4) is 0 Å². The van der Waals surface area contributed by atoms with E-state index in [0.29, 0.717) is 0 Å². The Labute approximate surface area is 287 Å². The average Bonchev–Trinajstić information content (AvgIpc) is 3.81. The van der Waals surface area contributed by atoms with Crippen molar-refractivity contribution >= 4 is 54.5 Å². The van der Waals surface area contributed by atoms with Crippen LogP contribution in [0.5, 0.6) is 11.5 Å². The molecule has 0 fully saturated rings. The number of ether oxygens (including phenoxy) is 1. The first-order valence-electron chi connectivity index (χ1n) is 17.2. The number of hydrogen-bond acceptors (Lipinski definition) is 2. The molecule has 50 heavy (non-hydrogen) atoms. The van der Waals surface area contributed by atoms with E-state index in [-0.39, 0.29) is 0 Å². The summed E-state index contributed by atoms with van der Waals surface area (Å²) in [4.78, 5) is 0. The van der Waals surface area contributed by atoms with Gasteiger partial charge in [-0.2, -0.15) is 0 Å². The summed E-state index contributed by atoms with van der Waals surface area (Å²) in [5.74, 6) is 1.79. The van der Waals surface area contributed by atoms with E-state index in [9.17, 15) is 0 Å². The lowest BCUT2D eigenvalue weighted by Crippen LogP contribution is -2.32. The Morgan fingerprint density at radius 1 is 0.420 bits per heavy atom. The van der Waals surface area contributed by atoms with Crippen molar-refractivity contribution in [1.29, 1.82) is 0 Å². The van der Waals surface area contributed by atoms with Crippen molar-refractivity contribution in [3.8, 4) is 28.3 Å². The van der Waals surface area contributed by atoms with Crippen LogP contribution in [0.1, 0.15) is 22.3 Å². The number of hydrogen-bond donors (Lipinski definition) is 0. The van der Waals surface area contributed by atoms with Gasteiger partial charge < -0.3 is 13.7 Å². The largest absolute Gasteiger partial charge is 0.457 e. The summed E-state index contributed by atoms with van der Waals surface area (Å²) in [6.45, 7) is 0. The second-order valence-electron chi connectivity index (χ2n) is 13.6. The van der Waals surface area contributed by atoms with E-state index in [0.717, 1.165) is 55.6 Å². The highest BCUT2D eigenvalue weighted by Crippen LogP contribution is 2.62. The molecular formula is C47H27NO2. The highest BCUT2D eigenvalue weighted by atomic mass is 16.5. The maximum absolute atomic E-state index is 6.93. The number of furan rings is 1. The van der Waals surface area contributed by atoms with Gasteiger partial charge in [-0.1, -0.05) is 121 Å². The standard InChI is InChI=1S/C47H27NO2/c1-2-12-30-28(11-1)21-23-34-35-26-45-40(27-41(35)48(46(30)34)29-22-24-43-36(25-29)33-15-5-9-19-42(33)49-43)47(39-18-8-10-20-44(39)50-45)37-16-6-3-13-31(37)32-14-4-7-17-38(32)47/h1-27H. The van der Waals surface area contributed by atoms with Crippen LogP contribution in [0.2, 0.25) is 0 Å². The zero-order valence-electron chi connectivity index (χ0n) is 26.9. The first kappa shape index (κ1) is 26.4. The highest BCUT2D eigenvalue weighted by Gasteiger charge is 2.51. The molecule has 2 aromatic heterocycles. The van der Waals surface area contributed by atoms with Crippen LogP contribution in [0.25, 0.3) is 71.3 Å². The minimum atomic E-state index is -0.542. The van der Waals surface area contributed by atoms with Crippen LogP contribution in [-0.4, -0.2) is 4.57 Å². The minimum Gasteiger partial charge on any atom is -0.457 e. The molecule has 232 valence electrons. The van der Waals surface area contributed by atoms with E-state index in [1.54, 1.807) is 0 Å². The SMILES string of the molecule is c1ccc2c(c1)Oc1cc3c4ccc5ccccc5c4n(-c4ccc5oc6ccccc6c5c4)c3cc1C21c2ccccc2-c2ccccc21. The number of aromatic nitrogens is 1. The molecule has 12 rings (SSSR count). The van der Waals surface area contributed by atoms with Crippen LogP contribution in [0.15, 0.2) is 168 Å². The molecule has 10 aromatic rings. The van der Waals surface area contributed by atoms with Gasteiger partial charge in [-0.15, -0.1) is 0 Å². The zero-order chi connectivity index (χ0) is 32.6. The van der Waals surface area contributed by atoms with Crippen molar-refractivity contribution < 1.29 is 9.15 Å². The van der Waals surface area contributed by atoms with Crippen LogP contribution < -0.4 is 4.74 Å². The van der Waals surface area contributed by atoms with E-state index in [1.165, 1.54) is 49.5 Å². The second kappa shape index (κ2) is 9.31. The molecule has 1 spiro atoms. The highest BCUT2D eigenvalue weighted by molar-refractivity contribution is 6.19. The first-order valence-corrected chi connectivity index (χ1v) is 17.2. The number of para-hydroxylation sites is 2. The molecule has 0 amide bonds. The van der Waals surface area contributed by atoms with Crippen molar-refractivity contribution in [3.05, 3.63) is 186 Å². The van der Waals surface area contributed by atoms with Crippen molar-refractivity contribution in [2.75, 3.05) is 0 Å². The maximum Gasteiger partial charge on any atom is 0.135 e. The average molecular weight is 638 g/mol. The summed E-state index contributed by atoms with van der Waals surface area (Å²) < 4.78 is 15.7. The molecule has 0 bridgehead atoms. The van der Waals surface area contributed by atoms with E-state index in [4.69, 9.17) is 9.15 Å². The third-order valence-electron chi connectivity index (χ3n) is 11.2. The Hall–Kier alpha value is -6.58. The molecule has 3 nitrogen and oxygen atoms in total. The lowest BCUT2D eigenvalue weighted by Gasteiger charge is -2.39. The Bertz CT molecular complexity index is 3040. The molecule has 2 aliphatic rings. The van der Waals surface area contributed by atoms with Gasteiger partial charge in [-0.05, 0) is 70.1 Å². The van der Waals surface area contributed by atoms with Gasteiger partial charge in [0, 0.05) is 43.7 Å². The first-order chi connectivity index (χ1) is 24.8. The van der Waals surface area contributed by atoms with Gasteiger partial charge in [0.05, 0.1) is 16.4 Å². The van der Waals surface area contributed by atoms with Crippen LogP contribution >= 0.6 is 0 Å². The molecule has 3 heterocycles. The minimum absolute atomic E-state index is 0.542. The Morgan fingerprint density at radius 3 is 1.94 bits per heavy atom. The van der Waals surface area contributed by atoms with Crippen LogP contribution in [0, 0.1) is 0 Å². The fraction of sp³-hybridized carbons (Fsp3) is 0.0213. The molecule has 0 atom stereocenters. The van der Waals surface area contributed by atoms with Gasteiger partial charge in [0.2, 0.25) is 0 Å². The number of fused-ring (bicyclic) bond motifs is 17. The normalized spacial score (nSPS) is 13.9. The molecule has 0 N–H and O–H groups in total. The molecule has 0 saturated carbocycles. The third-order valence-corrected chi connectivity index (χ3v) is 11.2. The summed E-state index contributed by atoms with van der Waals surface area (Å²) >= 11 is 0. The summed E-state index contributed by atoms with van der Waals surface area (Å²) in [6, 6.07) is 59.3. The molecular weight excluding hydrogens is 611 g/mol. The van der Waals surface area contributed by atoms with E-state index < -0.39 is 5.41 Å². The monoisotopic (exact) mass is 637 g/mol. The predicted octanol–water partition coefficient (Wildman–Crippen LogP) is 12.3. The van der Waals surface area contributed by atoms with Crippen LogP contribution in [0.4, 0.5) is 0 Å². The van der Waals surface area contributed by atoms with E-state index in [1.807, 2.05) is 12.1 Å². The fourth-order valence-corrected chi connectivity index (χ4v) is 9.25. The summed E-state index contributed by atoms with van der Waals surface area (Å²) in [5, 5.41) is 7.02. The lowest BCUT2D eigenvalue weighted by atomic mass is 9.66. The van der Waals surface area contributed by atoms with E-state index >= 15 is 0 Å². The molecule has 8 aromatic carbocycles. The molecule has 0 unspecified atom stereocenters. The fourth-order valence-electron chi connectivity index (χ4n) is 9.25. The summed E-state index contributed by atoms with van der Waals surface area (Å²) in [7, 11) is 0. The predicted molar refractivity (Wildman–Crippen MR) is 203 cm³/mol. The van der Waals surface area contributed by atoms with Crippen molar-refractivity contribution in [2.24, 2.45) is 0 Å². The topological polar surface area (TPSA) is 27.3 Å². The van der Waals surface area contributed by atoms with Crippen molar-refractivity contribution in [1.82, 2.24) is 4.57 Å². The van der Waals surface area contributed by atoms with Gasteiger partial charge in [-0.25, -0.2) is 0 Å². The Morgan fingerprint density at radius 2 is 1.10 bits per heavy atom. The van der Waals surface area contributed by atoms with Crippen molar-refractivity contribution in [3.63, 3.8) is 0 Å². The third kappa shape index (κ3) is 3.16. The van der Waals surface area contributed by atoms with Gasteiger partial charge in [0.15, 0.2) is 0 Å².